The molecule has 0 amide bonds. The highest BCUT2D eigenvalue weighted by atomic mass is 32.2. The Kier molecular flexibility index (Phi) is 4.17. The molecule has 0 radical (unpaired) electrons. The van der Waals surface area contributed by atoms with Crippen LogP contribution in [0, 0.1) is 13.8 Å². The molecule has 2 unspecified atom stereocenters. The lowest BCUT2D eigenvalue weighted by atomic mass is 10.1. The van der Waals surface area contributed by atoms with Crippen LogP contribution in [-0.4, -0.2) is 33.5 Å². The van der Waals surface area contributed by atoms with E-state index in [4.69, 9.17) is 5.73 Å². The highest BCUT2D eigenvalue weighted by molar-refractivity contribution is 8.00. The Morgan fingerprint density at radius 2 is 1.94 bits per heavy atom. The lowest BCUT2D eigenvalue weighted by molar-refractivity contribution is 0.259. The molecule has 3 nitrogen and oxygen atoms in total. The maximum atomic E-state index is 6.08. The number of hydrogen-bond acceptors (Lipinski definition) is 4. The van der Waals surface area contributed by atoms with E-state index in [-0.39, 0.29) is 0 Å². The molecule has 2 heterocycles. The summed E-state index contributed by atoms with van der Waals surface area (Å²) >= 11 is 2.08. The highest BCUT2D eigenvalue weighted by Crippen LogP contribution is 2.26. The predicted molar refractivity (Wildman–Crippen MR) is 79.9 cm³/mol. The lowest BCUT2D eigenvalue weighted by Gasteiger charge is -2.34. The minimum absolute atomic E-state index is 0.705. The summed E-state index contributed by atoms with van der Waals surface area (Å²) in [6.45, 7) is 11.9. The van der Waals surface area contributed by atoms with Crippen molar-refractivity contribution in [2.45, 2.75) is 44.7 Å². The number of nitrogen functional groups attached to an aromatic ring is 1. The quantitative estimate of drug-likeness (QED) is 0.892. The zero-order valence-corrected chi connectivity index (χ0v) is 12.5. The van der Waals surface area contributed by atoms with Gasteiger partial charge in [0.05, 0.1) is 5.69 Å². The molecule has 4 heteroatoms. The Bertz CT molecular complexity index is 423. The first-order valence-electron chi connectivity index (χ1n) is 6.55. The van der Waals surface area contributed by atoms with Gasteiger partial charge in [0.15, 0.2) is 0 Å². The number of aryl methyl sites for hydroxylation is 1. The van der Waals surface area contributed by atoms with Gasteiger partial charge in [-0.05, 0) is 25.0 Å². The summed E-state index contributed by atoms with van der Waals surface area (Å²) < 4.78 is 0. The Hall–Kier alpha value is -0.740. The van der Waals surface area contributed by atoms with E-state index >= 15 is 0 Å². The number of aromatic nitrogens is 1. The first-order valence-corrected chi connectivity index (χ1v) is 7.50. The summed E-state index contributed by atoms with van der Waals surface area (Å²) in [6, 6.07) is 0. The molecule has 2 rings (SSSR count). The fraction of sp³-hybridized carbons (Fsp3) is 0.643. The first kappa shape index (κ1) is 13.7. The fourth-order valence-electron chi connectivity index (χ4n) is 2.58. The summed E-state index contributed by atoms with van der Waals surface area (Å²) in [5, 5.41) is 1.41. The fourth-order valence-corrected chi connectivity index (χ4v) is 3.96. The van der Waals surface area contributed by atoms with Gasteiger partial charge in [-0.25, -0.2) is 0 Å². The molecule has 1 aromatic rings. The third-order valence-electron chi connectivity index (χ3n) is 3.54. The van der Waals surface area contributed by atoms with Gasteiger partial charge in [-0.3, -0.25) is 9.88 Å². The van der Waals surface area contributed by atoms with Crippen molar-refractivity contribution in [3.05, 3.63) is 23.0 Å². The molecule has 18 heavy (non-hydrogen) atoms. The van der Waals surface area contributed by atoms with Crippen molar-refractivity contribution in [2.75, 3.05) is 18.8 Å². The maximum absolute atomic E-state index is 6.08. The van der Waals surface area contributed by atoms with Gasteiger partial charge in [-0.15, -0.1) is 0 Å². The molecular formula is C14H23N3S. The number of nitrogens with two attached hydrogens (primary N) is 1. The van der Waals surface area contributed by atoms with E-state index in [1.165, 1.54) is 0 Å². The average molecular weight is 265 g/mol. The number of thioether (sulfide) groups is 1. The minimum atomic E-state index is 0.705. The van der Waals surface area contributed by atoms with Crippen molar-refractivity contribution in [3.63, 3.8) is 0 Å². The smallest absolute Gasteiger partial charge is 0.0593 e. The largest absolute Gasteiger partial charge is 0.398 e. The van der Waals surface area contributed by atoms with E-state index in [0.717, 1.165) is 42.1 Å². The van der Waals surface area contributed by atoms with E-state index in [9.17, 15) is 0 Å². The van der Waals surface area contributed by atoms with Crippen LogP contribution in [0.15, 0.2) is 6.20 Å². The molecule has 0 bridgehead atoms. The molecule has 2 N–H and O–H groups in total. The second-order valence-corrected chi connectivity index (χ2v) is 7.26. The van der Waals surface area contributed by atoms with Crippen LogP contribution in [0.3, 0.4) is 0 Å². The van der Waals surface area contributed by atoms with Crippen LogP contribution in [0.25, 0.3) is 0 Å². The van der Waals surface area contributed by atoms with E-state index in [1.54, 1.807) is 0 Å². The standard InChI is InChI=1S/C14H23N3S/c1-9-5-16-13(12(4)14(9)15)8-17-6-10(2)18-11(3)7-17/h5,10-11H,6-8H2,1-4H3,(H2,15,16). The third kappa shape index (κ3) is 2.98. The van der Waals surface area contributed by atoms with Crippen LogP contribution in [0.5, 0.6) is 0 Å². The Balaban J connectivity index is 2.12. The van der Waals surface area contributed by atoms with Crippen molar-refractivity contribution in [3.8, 4) is 0 Å². The molecule has 1 saturated heterocycles. The first-order chi connectivity index (χ1) is 8.47. The third-order valence-corrected chi connectivity index (χ3v) is 4.77. The van der Waals surface area contributed by atoms with Gasteiger partial charge >= 0.3 is 0 Å². The van der Waals surface area contributed by atoms with Crippen LogP contribution >= 0.6 is 11.8 Å². The number of anilines is 1. The Morgan fingerprint density at radius 3 is 2.56 bits per heavy atom. The normalized spacial score (nSPS) is 25.3. The van der Waals surface area contributed by atoms with Crippen LogP contribution in [-0.2, 0) is 6.54 Å². The van der Waals surface area contributed by atoms with E-state index < -0.39 is 0 Å². The summed E-state index contributed by atoms with van der Waals surface area (Å²) in [7, 11) is 0. The van der Waals surface area contributed by atoms with Gasteiger partial charge in [0.2, 0.25) is 0 Å². The molecule has 1 aliphatic heterocycles. The van der Waals surface area contributed by atoms with Crippen LogP contribution < -0.4 is 5.73 Å². The molecule has 1 fully saturated rings. The monoisotopic (exact) mass is 265 g/mol. The van der Waals surface area contributed by atoms with Crippen molar-refractivity contribution in [1.29, 1.82) is 0 Å². The average Bonchev–Trinajstić information content (AvgIpc) is 2.29. The molecule has 0 saturated carbocycles. The number of rotatable bonds is 2. The second kappa shape index (κ2) is 5.49. The molecule has 100 valence electrons. The number of hydrogen-bond donors (Lipinski definition) is 1. The van der Waals surface area contributed by atoms with Gasteiger partial charge in [0.25, 0.3) is 0 Å². The lowest BCUT2D eigenvalue weighted by Crippen LogP contribution is -2.40. The molecule has 1 aliphatic rings. The topological polar surface area (TPSA) is 42.2 Å². The SMILES string of the molecule is Cc1cnc(CN2CC(C)SC(C)C2)c(C)c1N. The molecule has 0 spiro atoms. The summed E-state index contributed by atoms with van der Waals surface area (Å²) in [4.78, 5) is 7.05. The summed E-state index contributed by atoms with van der Waals surface area (Å²) in [6.07, 6.45) is 1.89. The number of nitrogens with zero attached hydrogens (tertiary/aromatic N) is 2. The van der Waals surface area contributed by atoms with Gasteiger partial charge in [-0.2, -0.15) is 11.8 Å². The van der Waals surface area contributed by atoms with E-state index in [0.29, 0.717) is 10.5 Å². The molecular weight excluding hydrogens is 242 g/mol. The maximum Gasteiger partial charge on any atom is 0.0593 e. The highest BCUT2D eigenvalue weighted by Gasteiger charge is 2.23. The van der Waals surface area contributed by atoms with Crippen LogP contribution in [0.1, 0.15) is 30.7 Å². The molecule has 0 aliphatic carbocycles. The zero-order valence-electron chi connectivity index (χ0n) is 11.7. The van der Waals surface area contributed by atoms with Gasteiger partial charge in [0.1, 0.15) is 0 Å². The summed E-state index contributed by atoms with van der Waals surface area (Å²) in [5.41, 5.74) is 10.3. The zero-order chi connectivity index (χ0) is 13.3. The summed E-state index contributed by atoms with van der Waals surface area (Å²) in [5.74, 6) is 0. The van der Waals surface area contributed by atoms with Gasteiger partial charge in [-0.1, -0.05) is 13.8 Å². The molecule has 0 aromatic carbocycles. The predicted octanol–water partition coefficient (Wildman–Crippen LogP) is 2.61. The van der Waals surface area contributed by atoms with Crippen LogP contribution in [0.4, 0.5) is 5.69 Å². The second-order valence-electron chi connectivity index (χ2n) is 5.38. The van der Waals surface area contributed by atoms with E-state index in [2.05, 4.69) is 42.4 Å². The van der Waals surface area contributed by atoms with E-state index in [1.807, 2.05) is 13.1 Å². The Morgan fingerprint density at radius 1 is 1.33 bits per heavy atom. The van der Waals surface area contributed by atoms with Crippen molar-refractivity contribution in [2.24, 2.45) is 0 Å². The minimum Gasteiger partial charge on any atom is -0.398 e. The van der Waals surface area contributed by atoms with Gasteiger partial charge < -0.3 is 5.73 Å². The van der Waals surface area contributed by atoms with Gasteiger partial charge in [0, 0.05) is 42.0 Å². The van der Waals surface area contributed by atoms with Crippen LogP contribution in [0.2, 0.25) is 0 Å². The van der Waals surface area contributed by atoms with Crippen molar-refractivity contribution < 1.29 is 0 Å². The van der Waals surface area contributed by atoms with Crippen molar-refractivity contribution >= 4 is 17.4 Å². The Labute approximate surface area is 114 Å². The number of pyridine rings is 1. The molecule has 1 aromatic heterocycles. The molecule has 2 atom stereocenters. The van der Waals surface area contributed by atoms with Crippen molar-refractivity contribution in [1.82, 2.24) is 9.88 Å².